The third kappa shape index (κ3) is 5.08. The monoisotopic (exact) mass is 485 g/mol. The van der Waals surface area contributed by atoms with Crippen LogP contribution >= 0.6 is 0 Å². The highest BCUT2D eigenvalue weighted by atomic mass is 16.5. The number of nitrogens with two attached hydrogens (primary N) is 1. The molecule has 3 aliphatic rings. The predicted molar refractivity (Wildman–Crippen MR) is 136 cm³/mol. The summed E-state index contributed by atoms with van der Waals surface area (Å²) in [5.41, 5.74) is 11.8. The molecule has 0 spiro atoms. The second-order valence-electron chi connectivity index (χ2n) is 8.36. The first-order chi connectivity index (χ1) is 17.6. The second kappa shape index (κ2) is 10.4. The van der Waals surface area contributed by atoms with Gasteiger partial charge >= 0.3 is 0 Å². The smallest absolute Gasteiger partial charge is 0.218 e. The Morgan fingerprint density at radius 3 is 2.97 bits per heavy atom. The molecule has 0 aromatic carbocycles. The number of hydrazone groups is 1. The number of allylic oxidation sites excluding steroid dienone is 5. The standard InChI is InChI=1S/C26H27N7O3/c1-34-21-11-8-17(12-22(21)35-2)13-24-31-26(27)32-33(24)23-14-25(29-16-28-23)36-15-19-10-9-18-6-4-3-5-7-20(18)30-19/h3,5-11,14,16-17,24H,12-13,15H2,1-2H3,(H3,27,31,32). The third-order valence-electron chi connectivity index (χ3n) is 5.99. The number of fused-ring (bicyclic) bond motifs is 1. The van der Waals surface area contributed by atoms with Gasteiger partial charge in [0, 0.05) is 18.1 Å². The van der Waals surface area contributed by atoms with Crippen LogP contribution in [0.15, 0.2) is 71.2 Å². The van der Waals surface area contributed by atoms with E-state index in [0.717, 1.165) is 41.3 Å². The summed E-state index contributed by atoms with van der Waals surface area (Å²) in [5.74, 6) is 3.08. The lowest BCUT2D eigenvalue weighted by atomic mass is 9.93. The molecule has 36 heavy (non-hydrogen) atoms. The van der Waals surface area contributed by atoms with Crippen LogP contribution in [-0.4, -0.2) is 41.3 Å². The molecule has 3 N–H and O–H groups in total. The zero-order valence-electron chi connectivity index (χ0n) is 20.1. The number of anilines is 1. The van der Waals surface area contributed by atoms with Gasteiger partial charge in [-0.15, -0.1) is 10.8 Å². The highest BCUT2D eigenvalue weighted by Gasteiger charge is 2.31. The Balaban J connectivity index is 1.26. The molecule has 2 atom stereocenters. The van der Waals surface area contributed by atoms with Crippen molar-refractivity contribution in [2.75, 3.05) is 19.2 Å². The largest absolute Gasteiger partial charge is 0.497 e. The van der Waals surface area contributed by atoms with Gasteiger partial charge in [0.25, 0.3) is 0 Å². The van der Waals surface area contributed by atoms with Crippen LogP contribution in [0.5, 0.6) is 5.88 Å². The molecule has 2 unspecified atom stereocenters. The molecule has 1 aliphatic heterocycles. The molecule has 184 valence electrons. The van der Waals surface area contributed by atoms with E-state index in [4.69, 9.17) is 19.9 Å². The molecule has 0 fully saturated rings. The molecule has 2 aliphatic carbocycles. The van der Waals surface area contributed by atoms with E-state index in [2.05, 4.69) is 37.2 Å². The van der Waals surface area contributed by atoms with E-state index >= 15 is 0 Å². The first-order valence-electron chi connectivity index (χ1n) is 11.6. The maximum atomic E-state index is 6.02. The number of guanidine groups is 1. The van der Waals surface area contributed by atoms with Crippen LogP contribution in [0, 0.1) is 5.92 Å². The topological polar surface area (TPSA) is 120 Å². The van der Waals surface area contributed by atoms with Crippen LogP contribution < -0.4 is 20.8 Å². The minimum absolute atomic E-state index is 0.190. The molecule has 0 saturated carbocycles. The van der Waals surface area contributed by atoms with Gasteiger partial charge < -0.3 is 25.3 Å². The predicted octanol–water partition coefficient (Wildman–Crippen LogP) is 3.08. The zero-order valence-corrected chi connectivity index (χ0v) is 20.1. The Hall–Kier alpha value is -4.56. The fourth-order valence-corrected chi connectivity index (χ4v) is 4.23. The summed E-state index contributed by atoms with van der Waals surface area (Å²) in [7, 11) is 3.29. The number of ether oxygens (including phenoxy) is 3. The fourth-order valence-electron chi connectivity index (χ4n) is 4.23. The number of nitrogens with one attached hydrogen (secondary N) is 1. The van der Waals surface area contributed by atoms with Crippen LogP contribution in [-0.2, 0) is 16.1 Å². The minimum Gasteiger partial charge on any atom is -0.497 e. The van der Waals surface area contributed by atoms with Gasteiger partial charge in [-0.3, -0.25) is 0 Å². The van der Waals surface area contributed by atoms with E-state index < -0.39 is 0 Å². The molecule has 0 radical (unpaired) electrons. The van der Waals surface area contributed by atoms with Gasteiger partial charge in [0.05, 0.1) is 25.6 Å². The summed E-state index contributed by atoms with van der Waals surface area (Å²) < 4.78 is 16.8. The maximum absolute atomic E-state index is 6.02. The molecule has 2 aromatic heterocycles. The van der Waals surface area contributed by atoms with Crippen molar-refractivity contribution in [3.05, 3.63) is 83.0 Å². The Morgan fingerprint density at radius 1 is 1.19 bits per heavy atom. The van der Waals surface area contributed by atoms with Crippen molar-refractivity contribution in [3.8, 4) is 5.88 Å². The number of nitrogens with zero attached hydrogens (tertiary/aromatic N) is 5. The van der Waals surface area contributed by atoms with Crippen LogP contribution in [0.3, 0.4) is 0 Å². The summed E-state index contributed by atoms with van der Waals surface area (Å²) >= 11 is 0. The van der Waals surface area contributed by atoms with E-state index in [1.807, 2.05) is 42.5 Å². The van der Waals surface area contributed by atoms with Gasteiger partial charge in [0.15, 0.2) is 11.6 Å². The lowest BCUT2D eigenvalue weighted by molar-refractivity contribution is 0.207. The number of rotatable bonds is 8. The van der Waals surface area contributed by atoms with Gasteiger partial charge in [0.1, 0.15) is 24.9 Å². The summed E-state index contributed by atoms with van der Waals surface area (Å²) in [4.78, 5) is 13.3. The average molecular weight is 486 g/mol. The normalized spacial score (nSPS) is 20.1. The zero-order chi connectivity index (χ0) is 24.9. The Morgan fingerprint density at radius 2 is 2.11 bits per heavy atom. The quantitative estimate of drug-likeness (QED) is 0.544. The highest BCUT2D eigenvalue weighted by molar-refractivity contribution is 5.82. The van der Waals surface area contributed by atoms with Crippen molar-refractivity contribution in [1.82, 2.24) is 20.3 Å². The highest BCUT2D eigenvalue weighted by Crippen LogP contribution is 2.30. The van der Waals surface area contributed by atoms with E-state index in [1.54, 1.807) is 25.3 Å². The van der Waals surface area contributed by atoms with Crippen LogP contribution in [0.4, 0.5) is 5.82 Å². The number of methoxy groups -OCH3 is 2. The third-order valence-corrected chi connectivity index (χ3v) is 5.99. The number of aromatic nitrogens is 3. The lowest BCUT2D eigenvalue weighted by Crippen LogP contribution is -2.42. The van der Waals surface area contributed by atoms with Crippen molar-refractivity contribution in [3.63, 3.8) is 0 Å². The van der Waals surface area contributed by atoms with Crippen LogP contribution in [0.2, 0.25) is 0 Å². The summed E-state index contributed by atoms with van der Waals surface area (Å²) in [6.45, 7) is 0.267. The number of hydrogen-bond donors (Lipinski definition) is 2. The van der Waals surface area contributed by atoms with Crippen molar-refractivity contribution in [2.24, 2.45) is 16.8 Å². The van der Waals surface area contributed by atoms with E-state index in [9.17, 15) is 0 Å². The molecule has 0 amide bonds. The van der Waals surface area contributed by atoms with Crippen molar-refractivity contribution < 1.29 is 14.2 Å². The van der Waals surface area contributed by atoms with Crippen molar-refractivity contribution in [1.29, 1.82) is 0 Å². The SMILES string of the molecule is COC1=C(OC)CC(CC2NC(N)=NN2c2cc(OCc3ccc4c(n3)C=CC=C=C4)ncn2)C=C1. The van der Waals surface area contributed by atoms with Gasteiger partial charge in [-0.1, -0.05) is 18.2 Å². The summed E-state index contributed by atoms with van der Waals surface area (Å²) in [6.07, 6.45) is 14.4. The molecular formula is C26H27N7O3. The molecule has 3 heterocycles. The molecule has 2 aromatic rings. The second-order valence-corrected chi connectivity index (χ2v) is 8.36. The van der Waals surface area contributed by atoms with Crippen LogP contribution in [0.1, 0.15) is 29.8 Å². The molecular weight excluding hydrogens is 458 g/mol. The summed E-state index contributed by atoms with van der Waals surface area (Å²) in [6, 6.07) is 5.67. The van der Waals surface area contributed by atoms with Gasteiger partial charge in [-0.25, -0.2) is 20.0 Å². The first kappa shape index (κ1) is 23.2. The number of hydrogen-bond acceptors (Lipinski definition) is 10. The lowest BCUT2D eigenvalue weighted by Gasteiger charge is -2.27. The van der Waals surface area contributed by atoms with E-state index in [1.165, 1.54) is 6.33 Å². The minimum atomic E-state index is -0.190. The fraction of sp³-hybridized carbons (Fsp3) is 0.269. The van der Waals surface area contributed by atoms with E-state index in [0.29, 0.717) is 17.7 Å². The van der Waals surface area contributed by atoms with Gasteiger partial charge in [-0.2, -0.15) is 0 Å². The molecule has 0 saturated heterocycles. The molecule has 0 bridgehead atoms. The van der Waals surface area contributed by atoms with Crippen LogP contribution in [0.25, 0.3) is 12.2 Å². The maximum Gasteiger partial charge on any atom is 0.218 e. The number of pyridine rings is 1. The average Bonchev–Trinajstić information content (AvgIpc) is 3.11. The van der Waals surface area contributed by atoms with E-state index in [-0.39, 0.29) is 18.7 Å². The Bertz CT molecular complexity index is 1320. The van der Waals surface area contributed by atoms with Gasteiger partial charge in [-0.05, 0) is 42.7 Å². The summed E-state index contributed by atoms with van der Waals surface area (Å²) in [5, 5.41) is 9.42. The molecule has 10 nitrogen and oxygen atoms in total. The first-order valence-corrected chi connectivity index (χ1v) is 11.6. The molecule has 5 rings (SSSR count). The Kier molecular flexibility index (Phi) is 6.68. The van der Waals surface area contributed by atoms with Gasteiger partial charge in [0.2, 0.25) is 11.8 Å². The molecule has 10 heteroatoms. The van der Waals surface area contributed by atoms with Crippen molar-refractivity contribution in [2.45, 2.75) is 25.6 Å². The Labute approximate surface area is 209 Å². The van der Waals surface area contributed by atoms with Crippen molar-refractivity contribution >= 4 is 23.9 Å².